The van der Waals surface area contributed by atoms with Crippen LogP contribution < -0.4 is 10.6 Å². The Morgan fingerprint density at radius 1 is 0.969 bits per heavy atom. The van der Waals surface area contributed by atoms with Gasteiger partial charge in [0, 0.05) is 42.0 Å². The highest BCUT2D eigenvalue weighted by molar-refractivity contribution is 7.15. The molecule has 8 nitrogen and oxygen atoms in total. The Morgan fingerprint density at radius 2 is 1.72 bits per heavy atom. The third kappa shape index (κ3) is 5.06. The maximum absolute atomic E-state index is 12.3. The van der Waals surface area contributed by atoms with E-state index in [-0.39, 0.29) is 30.0 Å². The number of thiazole rings is 1. The summed E-state index contributed by atoms with van der Waals surface area (Å²) in [7, 11) is 0. The van der Waals surface area contributed by atoms with Gasteiger partial charge in [0.25, 0.3) is 0 Å². The van der Waals surface area contributed by atoms with Crippen LogP contribution in [-0.2, 0) is 9.59 Å². The van der Waals surface area contributed by atoms with Crippen molar-refractivity contribution in [1.82, 2.24) is 14.6 Å². The van der Waals surface area contributed by atoms with Crippen molar-refractivity contribution in [1.29, 1.82) is 0 Å². The normalized spacial score (nSPS) is 10.8. The summed E-state index contributed by atoms with van der Waals surface area (Å²) in [5.41, 5.74) is 3.11. The number of nitrogens with zero attached hydrogens (tertiary/aromatic N) is 3. The molecule has 9 heteroatoms. The lowest BCUT2D eigenvalue weighted by Crippen LogP contribution is -2.13. The van der Waals surface area contributed by atoms with Crippen LogP contribution in [0.15, 0.2) is 60.0 Å². The molecule has 162 valence electrons. The van der Waals surface area contributed by atoms with Gasteiger partial charge in [0.2, 0.25) is 22.7 Å². The predicted molar refractivity (Wildman–Crippen MR) is 124 cm³/mol. The minimum Gasteiger partial charge on any atom is -0.326 e. The summed E-state index contributed by atoms with van der Waals surface area (Å²) in [6, 6.07) is 16.5. The Balaban J connectivity index is 1.36. The first-order valence-corrected chi connectivity index (χ1v) is 11.0. The maximum Gasteiger partial charge on any atom is 0.250 e. The summed E-state index contributed by atoms with van der Waals surface area (Å²) in [6.45, 7) is 1.46. The number of nitrogens with one attached hydrogen (secondary N) is 2. The molecule has 2 heterocycles. The van der Waals surface area contributed by atoms with Crippen molar-refractivity contribution in [2.45, 2.75) is 26.2 Å². The van der Waals surface area contributed by atoms with Gasteiger partial charge in [-0.25, -0.2) is 4.52 Å². The molecule has 0 radical (unpaired) electrons. The maximum atomic E-state index is 12.3. The second kappa shape index (κ2) is 9.52. The van der Waals surface area contributed by atoms with E-state index in [9.17, 15) is 14.4 Å². The van der Waals surface area contributed by atoms with Gasteiger partial charge in [0.15, 0.2) is 5.78 Å². The minimum atomic E-state index is -0.231. The molecule has 2 aromatic carbocycles. The molecule has 0 aliphatic carbocycles. The Morgan fingerprint density at radius 3 is 2.44 bits per heavy atom. The average Bonchev–Trinajstić information content (AvgIpc) is 3.34. The van der Waals surface area contributed by atoms with Gasteiger partial charge in [0.05, 0.1) is 5.69 Å². The van der Waals surface area contributed by atoms with Crippen LogP contribution >= 0.6 is 11.3 Å². The van der Waals surface area contributed by atoms with Crippen LogP contribution in [0.5, 0.6) is 0 Å². The van der Waals surface area contributed by atoms with Gasteiger partial charge < -0.3 is 5.32 Å². The van der Waals surface area contributed by atoms with Crippen LogP contribution in [0.1, 0.15) is 36.5 Å². The fraction of sp³-hybridized carbons (Fsp3) is 0.174. The minimum absolute atomic E-state index is 0.0215. The Bertz CT molecular complexity index is 1260. The molecule has 0 atom stereocenters. The molecule has 32 heavy (non-hydrogen) atoms. The van der Waals surface area contributed by atoms with Gasteiger partial charge in [-0.15, -0.1) is 16.4 Å². The van der Waals surface area contributed by atoms with Crippen LogP contribution in [0.4, 0.5) is 11.6 Å². The van der Waals surface area contributed by atoms with E-state index >= 15 is 0 Å². The van der Waals surface area contributed by atoms with Gasteiger partial charge in [-0.05, 0) is 18.6 Å². The lowest BCUT2D eigenvalue weighted by molar-refractivity contribution is -0.116. The average molecular weight is 448 g/mol. The largest absolute Gasteiger partial charge is 0.326 e. The Labute approximate surface area is 188 Å². The molecule has 0 saturated heterocycles. The van der Waals surface area contributed by atoms with Crippen molar-refractivity contribution < 1.29 is 14.4 Å². The van der Waals surface area contributed by atoms with Crippen LogP contribution in [0.3, 0.4) is 0 Å². The second-order valence-electron chi connectivity index (χ2n) is 7.20. The molecule has 2 N–H and O–H groups in total. The summed E-state index contributed by atoms with van der Waals surface area (Å²) in [6.07, 6.45) is 0.971. The number of amides is 2. The zero-order valence-corrected chi connectivity index (χ0v) is 18.2. The molecule has 0 unspecified atom stereocenters. The van der Waals surface area contributed by atoms with Crippen LogP contribution in [0, 0.1) is 0 Å². The number of fused-ring (bicyclic) bond motifs is 1. The fourth-order valence-corrected chi connectivity index (χ4v) is 4.06. The van der Waals surface area contributed by atoms with Crippen molar-refractivity contribution >= 4 is 45.5 Å². The van der Waals surface area contributed by atoms with E-state index in [2.05, 4.69) is 20.7 Å². The van der Waals surface area contributed by atoms with Crippen LogP contribution in [0.2, 0.25) is 0 Å². The second-order valence-corrected chi connectivity index (χ2v) is 8.04. The fourth-order valence-electron chi connectivity index (χ4n) is 3.23. The molecule has 0 spiro atoms. The molecule has 4 aromatic rings. The van der Waals surface area contributed by atoms with E-state index < -0.39 is 0 Å². The monoisotopic (exact) mass is 447 g/mol. The van der Waals surface area contributed by atoms with E-state index in [0.717, 1.165) is 11.3 Å². The van der Waals surface area contributed by atoms with Gasteiger partial charge >= 0.3 is 0 Å². The third-order valence-corrected chi connectivity index (χ3v) is 5.55. The Hall–Kier alpha value is -3.85. The number of Topliss-reactive ketones (excluding diaryl/α,β-unsaturated/α-hetero) is 1. The zero-order chi connectivity index (χ0) is 22.5. The van der Waals surface area contributed by atoms with Crippen LogP contribution in [-0.4, -0.2) is 32.2 Å². The number of ketones is 1. The lowest BCUT2D eigenvalue weighted by atomic mass is 10.1. The number of rotatable bonds is 8. The highest BCUT2D eigenvalue weighted by atomic mass is 32.1. The van der Waals surface area contributed by atoms with E-state index in [4.69, 9.17) is 0 Å². The molecule has 0 bridgehead atoms. The number of aromatic nitrogens is 3. The number of hydrogen-bond acceptors (Lipinski definition) is 6. The van der Waals surface area contributed by atoms with Crippen molar-refractivity contribution in [3.63, 3.8) is 0 Å². The molecular formula is C23H21N5O3S. The zero-order valence-electron chi connectivity index (χ0n) is 17.4. The highest BCUT2D eigenvalue weighted by Crippen LogP contribution is 2.27. The quantitative estimate of drug-likeness (QED) is 0.389. The number of carbonyl (C=O) groups excluding carboxylic acids is 3. The molecular weight excluding hydrogens is 426 g/mol. The van der Waals surface area contributed by atoms with Crippen molar-refractivity contribution in [2.24, 2.45) is 0 Å². The summed E-state index contributed by atoms with van der Waals surface area (Å²) >= 11 is 1.41. The first-order chi connectivity index (χ1) is 15.5. The molecule has 2 aromatic heterocycles. The predicted octanol–water partition coefficient (Wildman–Crippen LogP) is 4.41. The van der Waals surface area contributed by atoms with Gasteiger partial charge in [0.1, 0.15) is 0 Å². The third-order valence-electron chi connectivity index (χ3n) is 4.74. The van der Waals surface area contributed by atoms with Crippen molar-refractivity contribution in [3.05, 3.63) is 65.5 Å². The summed E-state index contributed by atoms with van der Waals surface area (Å²) in [5, 5.41) is 11.8. The van der Waals surface area contributed by atoms with Crippen molar-refractivity contribution in [2.75, 3.05) is 10.6 Å². The molecule has 2 amide bonds. The standard InChI is InChI=1S/C23H21N5O3S/c1-15(29)24-18-12-10-16(11-13-18)19-14-32-23-26-22(27-28(19)23)25-21(31)9-5-8-20(30)17-6-3-2-4-7-17/h2-4,6-7,10-14H,5,8-9H2,1H3,(H,24,29)(H,25,27,31). The number of anilines is 2. The van der Waals surface area contributed by atoms with Crippen molar-refractivity contribution in [3.8, 4) is 11.3 Å². The van der Waals surface area contributed by atoms with Gasteiger partial charge in [-0.1, -0.05) is 42.5 Å². The smallest absolute Gasteiger partial charge is 0.250 e. The first kappa shape index (κ1) is 21.4. The summed E-state index contributed by atoms with van der Waals surface area (Å²) in [4.78, 5) is 40.6. The SMILES string of the molecule is CC(=O)Nc1ccc(-c2csc3nc(NC(=O)CCCC(=O)c4ccccc4)nn23)cc1. The topological polar surface area (TPSA) is 105 Å². The molecule has 0 aliphatic heterocycles. The van der Waals surface area contributed by atoms with E-state index in [1.54, 1.807) is 16.6 Å². The number of hydrogen-bond donors (Lipinski definition) is 2. The number of carbonyl (C=O) groups is 3. The highest BCUT2D eigenvalue weighted by Gasteiger charge is 2.14. The van der Waals surface area contributed by atoms with Gasteiger partial charge in [-0.3, -0.25) is 19.7 Å². The van der Waals surface area contributed by atoms with E-state index in [1.165, 1.54) is 18.3 Å². The summed E-state index contributed by atoms with van der Waals surface area (Å²) < 4.78 is 1.67. The molecule has 4 rings (SSSR count). The lowest BCUT2D eigenvalue weighted by Gasteiger charge is -2.04. The molecule has 0 saturated carbocycles. The Kier molecular flexibility index (Phi) is 6.37. The van der Waals surface area contributed by atoms with Crippen LogP contribution in [0.25, 0.3) is 16.2 Å². The van der Waals surface area contributed by atoms with E-state index in [0.29, 0.717) is 29.1 Å². The number of benzene rings is 2. The molecule has 0 fully saturated rings. The van der Waals surface area contributed by atoms with E-state index in [1.807, 2.05) is 47.8 Å². The first-order valence-electron chi connectivity index (χ1n) is 10.1. The summed E-state index contributed by atoms with van der Waals surface area (Å²) in [5.74, 6) is -0.109. The molecule has 0 aliphatic rings. The van der Waals surface area contributed by atoms with Gasteiger partial charge in [-0.2, -0.15) is 4.98 Å².